The van der Waals surface area contributed by atoms with Crippen molar-refractivity contribution >= 4 is 28.4 Å². The predicted octanol–water partition coefficient (Wildman–Crippen LogP) is 6.97. The Morgan fingerprint density at radius 3 is 1.73 bits per heavy atom. The van der Waals surface area contributed by atoms with Gasteiger partial charge in [-0.05, 0) is 35.4 Å². The van der Waals surface area contributed by atoms with Gasteiger partial charge in [0.1, 0.15) is 5.78 Å². The molecule has 1 aromatic heterocycles. The highest BCUT2D eigenvalue weighted by molar-refractivity contribution is 6.30. The lowest BCUT2D eigenvalue weighted by Crippen LogP contribution is -2.06. The van der Waals surface area contributed by atoms with E-state index in [1.165, 1.54) is 0 Å². The van der Waals surface area contributed by atoms with Crippen molar-refractivity contribution < 1.29 is 4.79 Å². The van der Waals surface area contributed by atoms with Crippen molar-refractivity contribution in [1.29, 1.82) is 0 Å². The van der Waals surface area contributed by atoms with E-state index in [2.05, 4.69) is 0 Å². The molecule has 0 fully saturated rings. The van der Waals surface area contributed by atoms with Gasteiger partial charge in [0.25, 0.3) is 0 Å². The SMILES string of the molecule is O=C(Cc1ccc(Cl)cc1)Cc1ccc2nc(-c3ccccc3)c(-c3ccccc3)nc2c1. The van der Waals surface area contributed by atoms with E-state index in [-0.39, 0.29) is 5.78 Å². The zero-order valence-corrected chi connectivity index (χ0v) is 18.7. The minimum atomic E-state index is 0.147. The van der Waals surface area contributed by atoms with E-state index in [9.17, 15) is 4.79 Å². The van der Waals surface area contributed by atoms with Crippen LogP contribution in [-0.2, 0) is 17.6 Å². The molecule has 5 rings (SSSR count). The molecule has 0 N–H and O–H groups in total. The van der Waals surface area contributed by atoms with Crippen LogP contribution in [0.15, 0.2) is 103 Å². The molecule has 0 aliphatic rings. The van der Waals surface area contributed by atoms with Crippen LogP contribution in [0.3, 0.4) is 0 Å². The minimum absolute atomic E-state index is 0.147. The van der Waals surface area contributed by atoms with Gasteiger partial charge < -0.3 is 0 Å². The van der Waals surface area contributed by atoms with Crippen molar-refractivity contribution in [1.82, 2.24) is 9.97 Å². The van der Waals surface area contributed by atoms with Gasteiger partial charge in [-0.2, -0.15) is 0 Å². The Morgan fingerprint density at radius 2 is 1.12 bits per heavy atom. The molecule has 0 bridgehead atoms. The van der Waals surface area contributed by atoms with Crippen LogP contribution in [0.4, 0.5) is 0 Å². The normalized spacial score (nSPS) is 10.9. The maximum atomic E-state index is 12.7. The molecular weight excluding hydrogens is 428 g/mol. The summed E-state index contributed by atoms with van der Waals surface area (Å²) in [7, 11) is 0. The molecule has 0 radical (unpaired) electrons. The molecule has 0 saturated heterocycles. The molecule has 5 aromatic rings. The quantitative estimate of drug-likeness (QED) is 0.281. The molecule has 0 saturated carbocycles. The zero-order valence-electron chi connectivity index (χ0n) is 17.9. The fourth-order valence-corrected chi connectivity index (χ4v) is 4.05. The van der Waals surface area contributed by atoms with Crippen molar-refractivity contribution in [3.05, 3.63) is 119 Å². The maximum Gasteiger partial charge on any atom is 0.141 e. The van der Waals surface area contributed by atoms with Crippen molar-refractivity contribution in [2.75, 3.05) is 0 Å². The van der Waals surface area contributed by atoms with E-state index >= 15 is 0 Å². The van der Waals surface area contributed by atoms with Gasteiger partial charge in [-0.3, -0.25) is 4.79 Å². The van der Waals surface area contributed by atoms with Crippen LogP contribution >= 0.6 is 11.6 Å². The Bertz CT molecular complexity index is 1420. The van der Waals surface area contributed by atoms with Crippen LogP contribution in [0.1, 0.15) is 11.1 Å². The molecule has 1 heterocycles. The molecule has 4 heteroatoms. The Hall–Kier alpha value is -3.82. The second-order valence-electron chi connectivity index (χ2n) is 7.99. The Labute approximate surface area is 197 Å². The molecular formula is C29H21ClN2O. The van der Waals surface area contributed by atoms with Crippen molar-refractivity contribution in [2.24, 2.45) is 0 Å². The molecule has 4 aromatic carbocycles. The summed E-state index contributed by atoms with van der Waals surface area (Å²) in [6, 6.07) is 33.5. The third kappa shape index (κ3) is 4.84. The number of hydrogen-bond donors (Lipinski definition) is 0. The first kappa shape index (κ1) is 21.0. The van der Waals surface area contributed by atoms with Crippen molar-refractivity contribution in [3.8, 4) is 22.5 Å². The van der Waals surface area contributed by atoms with Crippen LogP contribution < -0.4 is 0 Å². The Balaban J connectivity index is 1.50. The van der Waals surface area contributed by atoms with Gasteiger partial charge in [-0.15, -0.1) is 0 Å². The minimum Gasteiger partial charge on any atom is -0.299 e. The van der Waals surface area contributed by atoms with Crippen LogP contribution in [0.5, 0.6) is 0 Å². The number of carbonyl (C=O) groups excluding carboxylic acids is 1. The predicted molar refractivity (Wildman–Crippen MR) is 134 cm³/mol. The van der Waals surface area contributed by atoms with E-state index in [0.717, 1.165) is 44.7 Å². The Morgan fingerprint density at radius 1 is 0.606 bits per heavy atom. The number of benzene rings is 4. The molecule has 0 spiro atoms. The summed E-state index contributed by atoms with van der Waals surface area (Å²) >= 11 is 5.94. The molecule has 3 nitrogen and oxygen atoms in total. The highest BCUT2D eigenvalue weighted by Crippen LogP contribution is 2.31. The average Bonchev–Trinajstić information content (AvgIpc) is 2.85. The van der Waals surface area contributed by atoms with E-state index < -0.39 is 0 Å². The summed E-state index contributed by atoms with van der Waals surface area (Å²) in [6.07, 6.45) is 0.727. The highest BCUT2D eigenvalue weighted by Gasteiger charge is 2.14. The summed E-state index contributed by atoms with van der Waals surface area (Å²) < 4.78 is 0. The molecule has 0 aliphatic carbocycles. The van der Waals surface area contributed by atoms with Gasteiger partial charge in [0.2, 0.25) is 0 Å². The lowest BCUT2D eigenvalue weighted by molar-refractivity contribution is -0.117. The van der Waals surface area contributed by atoms with Crippen molar-refractivity contribution in [2.45, 2.75) is 12.8 Å². The zero-order chi connectivity index (χ0) is 22.6. The molecule has 33 heavy (non-hydrogen) atoms. The smallest absolute Gasteiger partial charge is 0.141 e. The van der Waals surface area contributed by atoms with Gasteiger partial charge in [0, 0.05) is 29.0 Å². The van der Waals surface area contributed by atoms with Crippen molar-refractivity contribution in [3.63, 3.8) is 0 Å². The molecule has 0 atom stereocenters. The van der Waals surface area contributed by atoms with Gasteiger partial charge in [-0.1, -0.05) is 90.5 Å². The number of hydrogen-bond acceptors (Lipinski definition) is 3. The summed E-state index contributed by atoms with van der Waals surface area (Å²) in [6.45, 7) is 0. The van der Waals surface area contributed by atoms with Crippen LogP contribution in [0.25, 0.3) is 33.5 Å². The maximum absolute atomic E-state index is 12.7. The molecule has 0 aliphatic heterocycles. The fourth-order valence-electron chi connectivity index (χ4n) is 3.92. The summed E-state index contributed by atoms with van der Waals surface area (Å²) in [5.41, 5.74) is 7.20. The number of halogens is 1. The third-order valence-corrected chi connectivity index (χ3v) is 5.79. The molecule has 0 unspecified atom stereocenters. The second-order valence-corrected chi connectivity index (χ2v) is 8.43. The lowest BCUT2D eigenvalue weighted by atomic mass is 10.0. The molecule has 160 valence electrons. The number of carbonyl (C=O) groups is 1. The number of nitrogens with zero attached hydrogens (tertiary/aromatic N) is 2. The van der Waals surface area contributed by atoms with E-state index in [1.54, 1.807) is 0 Å². The monoisotopic (exact) mass is 448 g/mol. The number of rotatable bonds is 6. The largest absolute Gasteiger partial charge is 0.299 e. The Kier molecular flexibility index (Phi) is 5.97. The summed E-state index contributed by atoms with van der Waals surface area (Å²) in [4.78, 5) is 22.6. The number of Topliss-reactive ketones (excluding diaryl/α,β-unsaturated/α-hetero) is 1. The number of aromatic nitrogens is 2. The number of fused-ring (bicyclic) bond motifs is 1. The summed E-state index contributed by atoms with van der Waals surface area (Å²) in [5, 5.41) is 0.670. The first-order valence-corrected chi connectivity index (χ1v) is 11.2. The van der Waals surface area contributed by atoms with Gasteiger partial charge in [0.15, 0.2) is 0 Å². The third-order valence-electron chi connectivity index (χ3n) is 5.54. The number of ketones is 1. The standard InChI is InChI=1S/C29H21ClN2O/c30-24-14-11-20(12-15-24)17-25(33)18-21-13-16-26-27(19-21)32-29(23-9-5-2-6-10-23)28(31-26)22-7-3-1-4-8-22/h1-16,19H,17-18H2. The van der Waals surface area contributed by atoms with Crippen LogP contribution in [0.2, 0.25) is 5.02 Å². The van der Waals surface area contributed by atoms with E-state index in [0.29, 0.717) is 17.9 Å². The molecule has 0 amide bonds. The highest BCUT2D eigenvalue weighted by atomic mass is 35.5. The van der Waals surface area contributed by atoms with Gasteiger partial charge in [-0.25, -0.2) is 9.97 Å². The average molecular weight is 449 g/mol. The van der Waals surface area contributed by atoms with Crippen LogP contribution in [-0.4, -0.2) is 15.8 Å². The summed E-state index contributed by atoms with van der Waals surface area (Å²) in [5.74, 6) is 0.147. The second kappa shape index (κ2) is 9.35. The van der Waals surface area contributed by atoms with Gasteiger partial charge >= 0.3 is 0 Å². The first-order chi connectivity index (χ1) is 16.2. The fraction of sp³-hybridized carbons (Fsp3) is 0.0690. The van der Waals surface area contributed by atoms with Gasteiger partial charge in [0.05, 0.1) is 22.4 Å². The topological polar surface area (TPSA) is 42.9 Å². The van der Waals surface area contributed by atoms with Crippen LogP contribution in [0, 0.1) is 0 Å². The van der Waals surface area contributed by atoms with E-state index in [1.807, 2.05) is 103 Å². The van der Waals surface area contributed by atoms with E-state index in [4.69, 9.17) is 21.6 Å². The lowest BCUT2D eigenvalue weighted by Gasteiger charge is -2.11. The first-order valence-electron chi connectivity index (χ1n) is 10.8.